The molecule has 64 heavy (non-hydrogen) atoms. The molecule has 0 heterocycles. The molecule has 0 aromatic rings. The molecular weight excluding hydrogens is 830 g/mol. The van der Waals surface area contributed by atoms with E-state index < -0.39 is 51.1 Å². The summed E-state index contributed by atoms with van der Waals surface area (Å²) in [5.41, 5.74) is 5.36. The van der Waals surface area contributed by atoms with Crippen molar-refractivity contribution in [3.8, 4) is 0 Å². The molecule has 0 fully saturated rings. The molecule has 3 unspecified atom stereocenters. The Balaban J connectivity index is 4.18. The lowest BCUT2D eigenvalue weighted by atomic mass is 10.0. The Labute approximate surface area is 392 Å². The van der Waals surface area contributed by atoms with Crippen molar-refractivity contribution in [2.45, 2.75) is 283 Å². The van der Waals surface area contributed by atoms with Gasteiger partial charge in [-0.2, -0.15) is 0 Å². The standard InChI is InChI=1S/C52H100NO10P/c1-3-5-7-9-11-13-15-17-19-21-23-24-26-27-29-31-33-35-37-39-41-43-50(54)60-45-48(46-61-64(58,59)62-47-49(53)52(56)57)63-51(55)44-42-40-38-36-34-32-30-28-25-22-20-18-16-14-12-10-8-6-4-2/h18,20,48-49H,3-17,19,21-47,53H2,1-2H3,(H,56,57)(H,58,59)/b20-18-. The van der Waals surface area contributed by atoms with E-state index in [1.807, 2.05) is 0 Å². The molecule has 0 aliphatic rings. The fourth-order valence-corrected chi connectivity index (χ4v) is 8.61. The molecule has 0 aliphatic carbocycles. The predicted molar refractivity (Wildman–Crippen MR) is 263 cm³/mol. The molecule has 11 nitrogen and oxygen atoms in total. The van der Waals surface area contributed by atoms with Crippen molar-refractivity contribution >= 4 is 25.7 Å². The third-order valence-corrected chi connectivity index (χ3v) is 13.0. The average molecular weight is 930 g/mol. The number of hydrogen-bond acceptors (Lipinski definition) is 9. The summed E-state index contributed by atoms with van der Waals surface area (Å²) < 4.78 is 32.9. The highest BCUT2D eigenvalue weighted by atomic mass is 31.2. The van der Waals surface area contributed by atoms with Crippen LogP contribution in [0.3, 0.4) is 0 Å². The summed E-state index contributed by atoms with van der Waals surface area (Å²) in [6.45, 7) is 2.86. The van der Waals surface area contributed by atoms with Gasteiger partial charge in [-0.15, -0.1) is 0 Å². The monoisotopic (exact) mass is 930 g/mol. The van der Waals surface area contributed by atoms with E-state index in [-0.39, 0.29) is 19.4 Å². The van der Waals surface area contributed by atoms with Crippen LogP contribution in [0.5, 0.6) is 0 Å². The summed E-state index contributed by atoms with van der Waals surface area (Å²) in [6, 6.07) is -1.52. The SMILES string of the molecule is CCCCCCCC/C=C\CCCCCCCCCCCC(=O)OC(COC(=O)CCCCCCCCCCCCCCCCCCCCCCC)COP(=O)(O)OCC(N)C(=O)O. The van der Waals surface area contributed by atoms with E-state index in [1.54, 1.807) is 0 Å². The number of allylic oxidation sites excluding steroid dienone is 2. The lowest BCUT2D eigenvalue weighted by molar-refractivity contribution is -0.161. The van der Waals surface area contributed by atoms with Crippen LogP contribution < -0.4 is 5.73 Å². The summed E-state index contributed by atoms with van der Waals surface area (Å²) in [5, 5.41) is 8.93. The number of phosphoric ester groups is 1. The Morgan fingerprint density at radius 3 is 1.14 bits per heavy atom. The van der Waals surface area contributed by atoms with Gasteiger partial charge in [-0.05, 0) is 38.5 Å². The van der Waals surface area contributed by atoms with E-state index in [0.717, 1.165) is 38.5 Å². The van der Waals surface area contributed by atoms with Gasteiger partial charge in [0.05, 0.1) is 13.2 Å². The van der Waals surface area contributed by atoms with E-state index >= 15 is 0 Å². The third-order valence-electron chi connectivity index (χ3n) is 12.0. The largest absolute Gasteiger partial charge is 0.480 e. The number of hydrogen-bond donors (Lipinski definition) is 3. The number of unbranched alkanes of at least 4 members (excludes halogenated alkanes) is 35. The molecule has 0 saturated carbocycles. The molecule has 0 amide bonds. The minimum Gasteiger partial charge on any atom is -0.480 e. The normalized spacial score (nSPS) is 13.6. The summed E-state index contributed by atoms with van der Waals surface area (Å²) in [6.07, 6.45) is 51.3. The molecule has 0 radical (unpaired) electrons. The average Bonchev–Trinajstić information content (AvgIpc) is 3.27. The molecule has 0 aromatic carbocycles. The topological polar surface area (TPSA) is 172 Å². The van der Waals surface area contributed by atoms with Crippen LogP contribution in [0, 0.1) is 0 Å². The Morgan fingerprint density at radius 2 is 0.781 bits per heavy atom. The van der Waals surface area contributed by atoms with E-state index in [4.69, 9.17) is 29.4 Å². The summed E-state index contributed by atoms with van der Waals surface area (Å²) >= 11 is 0. The first-order valence-corrected chi connectivity index (χ1v) is 28.2. The summed E-state index contributed by atoms with van der Waals surface area (Å²) in [4.78, 5) is 46.2. The van der Waals surface area contributed by atoms with Crippen LogP contribution in [0.2, 0.25) is 0 Å². The second-order valence-electron chi connectivity index (χ2n) is 18.4. The highest BCUT2D eigenvalue weighted by Gasteiger charge is 2.28. The number of carboxylic acid groups (broad SMARTS) is 1. The number of aliphatic carboxylic acids is 1. The highest BCUT2D eigenvalue weighted by molar-refractivity contribution is 7.47. The molecular formula is C52H100NO10P. The molecule has 0 bridgehead atoms. The first-order chi connectivity index (χ1) is 31.1. The number of rotatable bonds is 51. The van der Waals surface area contributed by atoms with Crippen LogP contribution in [0.1, 0.15) is 271 Å². The van der Waals surface area contributed by atoms with E-state index in [2.05, 4.69) is 26.0 Å². The molecule has 378 valence electrons. The van der Waals surface area contributed by atoms with Crippen LogP contribution in [-0.4, -0.2) is 59.9 Å². The van der Waals surface area contributed by atoms with Crippen molar-refractivity contribution in [1.82, 2.24) is 0 Å². The smallest absolute Gasteiger partial charge is 0.472 e. The van der Waals surface area contributed by atoms with Gasteiger partial charge < -0.3 is 25.2 Å². The van der Waals surface area contributed by atoms with E-state index in [9.17, 15) is 23.8 Å². The number of carboxylic acids is 1. The number of nitrogens with two attached hydrogens (primary N) is 1. The zero-order chi connectivity index (χ0) is 47.0. The van der Waals surface area contributed by atoms with Crippen molar-refractivity contribution in [3.05, 3.63) is 12.2 Å². The Hall–Kier alpha value is -1.78. The number of esters is 2. The van der Waals surface area contributed by atoms with Crippen molar-refractivity contribution in [2.75, 3.05) is 19.8 Å². The van der Waals surface area contributed by atoms with E-state index in [1.165, 1.54) is 193 Å². The van der Waals surface area contributed by atoms with Gasteiger partial charge >= 0.3 is 25.7 Å². The number of ether oxygens (including phenoxy) is 2. The van der Waals surface area contributed by atoms with E-state index in [0.29, 0.717) is 12.8 Å². The maximum atomic E-state index is 12.7. The van der Waals surface area contributed by atoms with Crippen molar-refractivity contribution in [1.29, 1.82) is 0 Å². The maximum absolute atomic E-state index is 12.7. The predicted octanol–water partition coefficient (Wildman–Crippen LogP) is 15.2. The lowest BCUT2D eigenvalue weighted by Crippen LogP contribution is -2.34. The molecule has 12 heteroatoms. The molecule has 0 spiro atoms. The first-order valence-electron chi connectivity index (χ1n) is 26.7. The fourth-order valence-electron chi connectivity index (χ4n) is 7.83. The number of carbonyl (C=O) groups excluding carboxylic acids is 2. The summed E-state index contributed by atoms with van der Waals surface area (Å²) in [7, 11) is -4.72. The Kier molecular flexibility index (Phi) is 46.4. The molecule has 0 rings (SSSR count). The van der Waals surface area contributed by atoms with Crippen molar-refractivity contribution in [3.63, 3.8) is 0 Å². The highest BCUT2D eigenvalue weighted by Crippen LogP contribution is 2.43. The van der Waals surface area contributed by atoms with Crippen molar-refractivity contribution in [2.24, 2.45) is 5.73 Å². The number of carbonyl (C=O) groups is 3. The minimum absolute atomic E-state index is 0.164. The summed E-state index contributed by atoms with van der Waals surface area (Å²) in [5.74, 6) is -2.36. The van der Waals surface area contributed by atoms with Crippen molar-refractivity contribution < 1.29 is 47.5 Å². The first kappa shape index (κ1) is 62.2. The third kappa shape index (κ3) is 46.7. The van der Waals surface area contributed by atoms with Crippen LogP contribution in [0.4, 0.5) is 0 Å². The second kappa shape index (κ2) is 47.7. The van der Waals surface area contributed by atoms with Crippen LogP contribution >= 0.6 is 7.82 Å². The zero-order valence-electron chi connectivity index (χ0n) is 41.4. The van der Waals surface area contributed by atoms with Gasteiger partial charge in [0.15, 0.2) is 6.10 Å². The lowest BCUT2D eigenvalue weighted by Gasteiger charge is -2.20. The van der Waals surface area contributed by atoms with Crippen LogP contribution in [-0.2, 0) is 37.5 Å². The fraction of sp³-hybridized carbons (Fsp3) is 0.904. The van der Waals surface area contributed by atoms with Gasteiger partial charge in [0.2, 0.25) is 0 Å². The number of phosphoric acid groups is 1. The van der Waals surface area contributed by atoms with Gasteiger partial charge in [0.1, 0.15) is 12.6 Å². The minimum atomic E-state index is -4.72. The molecule has 0 aromatic heterocycles. The molecule has 0 saturated heterocycles. The van der Waals surface area contributed by atoms with Gasteiger partial charge in [0, 0.05) is 12.8 Å². The van der Waals surface area contributed by atoms with Gasteiger partial charge in [0.25, 0.3) is 0 Å². The van der Waals surface area contributed by atoms with Gasteiger partial charge in [-0.3, -0.25) is 23.4 Å². The van der Waals surface area contributed by atoms with Gasteiger partial charge in [-0.1, -0.05) is 231 Å². The zero-order valence-corrected chi connectivity index (χ0v) is 42.3. The molecule has 4 N–H and O–H groups in total. The van der Waals surface area contributed by atoms with Crippen LogP contribution in [0.25, 0.3) is 0 Å². The van der Waals surface area contributed by atoms with Gasteiger partial charge in [-0.25, -0.2) is 4.57 Å². The quantitative estimate of drug-likeness (QED) is 0.0229. The Bertz CT molecular complexity index is 1140. The van der Waals surface area contributed by atoms with Crippen LogP contribution in [0.15, 0.2) is 12.2 Å². The maximum Gasteiger partial charge on any atom is 0.472 e. The molecule has 0 aliphatic heterocycles. The second-order valence-corrected chi connectivity index (χ2v) is 19.8. The molecule has 3 atom stereocenters. The Morgan fingerprint density at radius 1 is 0.469 bits per heavy atom.